The molecule has 1 rings (SSSR count). The number of carbonyl (C=O) groups is 1. The third-order valence-electron chi connectivity index (χ3n) is 2.70. The average molecular weight is 252 g/mol. The van der Waals surface area contributed by atoms with E-state index in [0.717, 1.165) is 5.56 Å². The first kappa shape index (κ1) is 14.5. The van der Waals surface area contributed by atoms with Gasteiger partial charge in [0.2, 0.25) is 0 Å². The van der Waals surface area contributed by atoms with Crippen molar-refractivity contribution in [3.63, 3.8) is 0 Å². The zero-order valence-electron chi connectivity index (χ0n) is 11.2. The lowest BCUT2D eigenvalue weighted by atomic mass is 9.86. The lowest BCUT2D eigenvalue weighted by molar-refractivity contribution is -0.153. The van der Waals surface area contributed by atoms with Crippen LogP contribution in [0.2, 0.25) is 0 Å². The van der Waals surface area contributed by atoms with Crippen LogP contribution < -0.4 is 0 Å². The molecule has 0 fully saturated rings. The van der Waals surface area contributed by atoms with E-state index in [9.17, 15) is 15.0 Å². The number of benzene rings is 1. The molecule has 0 saturated carbocycles. The number of hydrogen-bond donors (Lipinski definition) is 2. The van der Waals surface area contributed by atoms with E-state index >= 15 is 0 Å². The van der Waals surface area contributed by atoms with Crippen molar-refractivity contribution in [2.75, 3.05) is 6.61 Å². The second-order valence-electron chi connectivity index (χ2n) is 5.18. The van der Waals surface area contributed by atoms with Gasteiger partial charge in [-0.15, -0.1) is 0 Å². The molecule has 0 aliphatic rings. The number of aliphatic hydroxyl groups is 1. The van der Waals surface area contributed by atoms with Crippen molar-refractivity contribution >= 4 is 5.97 Å². The van der Waals surface area contributed by atoms with Gasteiger partial charge in [0.1, 0.15) is 5.75 Å². The molecule has 1 aromatic rings. The Kier molecular flexibility index (Phi) is 4.35. The SMILES string of the molecule is CCOC(=O)C(O)c1ccc(C(C)(C)C)cc1O. The normalized spacial score (nSPS) is 13.2. The molecule has 0 aromatic heterocycles. The minimum atomic E-state index is -1.45. The predicted octanol–water partition coefficient (Wildman–Crippen LogP) is 2.29. The van der Waals surface area contributed by atoms with Crippen LogP contribution in [0.25, 0.3) is 0 Å². The molecule has 0 aliphatic heterocycles. The van der Waals surface area contributed by atoms with E-state index in [4.69, 9.17) is 4.74 Å². The van der Waals surface area contributed by atoms with Crippen LogP contribution in [-0.2, 0) is 14.9 Å². The van der Waals surface area contributed by atoms with Gasteiger partial charge in [0.15, 0.2) is 6.10 Å². The Morgan fingerprint density at radius 1 is 1.39 bits per heavy atom. The Bertz CT molecular complexity index is 432. The Morgan fingerprint density at radius 3 is 2.44 bits per heavy atom. The highest BCUT2D eigenvalue weighted by Crippen LogP contribution is 2.31. The number of ether oxygens (including phenoxy) is 1. The van der Waals surface area contributed by atoms with E-state index in [1.807, 2.05) is 20.8 Å². The maximum atomic E-state index is 11.4. The van der Waals surface area contributed by atoms with Crippen molar-refractivity contribution in [1.82, 2.24) is 0 Å². The fourth-order valence-corrected chi connectivity index (χ4v) is 1.59. The first-order chi connectivity index (χ1) is 8.27. The molecule has 1 unspecified atom stereocenters. The molecule has 0 spiro atoms. The van der Waals surface area contributed by atoms with Gasteiger partial charge in [-0.25, -0.2) is 4.79 Å². The number of aromatic hydroxyl groups is 1. The van der Waals surface area contributed by atoms with E-state index in [-0.39, 0.29) is 23.3 Å². The monoisotopic (exact) mass is 252 g/mol. The molecule has 100 valence electrons. The summed E-state index contributed by atoms with van der Waals surface area (Å²) in [6.07, 6.45) is -1.45. The largest absolute Gasteiger partial charge is 0.508 e. The zero-order valence-corrected chi connectivity index (χ0v) is 11.2. The van der Waals surface area contributed by atoms with Gasteiger partial charge in [-0.3, -0.25) is 0 Å². The van der Waals surface area contributed by atoms with Gasteiger partial charge < -0.3 is 14.9 Å². The second-order valence-corrected chi connectivity index (χ2v) is 5.18. The van der Waals surface area contributed by atoms with Crippen LogP contribution in [0.15, 0.2) is 18.2 Å². The van der Waals surface area contributed by atoms with Crippen LogP contribution in [0.4, 0.5) is 0 Å². The van der Waals surface area contributed by atoms with E-state index < -0.39 is 12.1 Å². The molecule has 0 saturated heterocycles. The highest BCUT2D eigenvalue weighted by molar-refractivity contribution is 5.77. The third-order valence-corrected chi connectivity index (χ3v) is 2.70. The van der Waals surface area contributed by atoms with Crippen LogP contribution >= 0.6 is 0 Å². The van der Waals surface area contributed by atoms with Crippen molar-refractivity contribution in [3.05, 3.63) is 29.3 Å². The molecule has 0 amide bonds. The molecule has 1 aromatic carbocycles. The van der Waals surface area contributed by atoms with Crippen LogP contribution in [-0.4, -0.2) is 22.8 Å². The van der Waals surface area contributed by atoms with Crippen LogP contribution in [0.3, 0.4) is 0 Å². The molecule has 1 atom stereocenters. The highest BCUT2D eigenvalue weighted by Gasteiger charge is 2.23. The Labute approximate surface area is 107 Å². The van der Waals surface area contributed by atoms with Gasteiger partial charge in [0.05, 0.1) is 6.61 Å². The summed E-state index contributed by atoms with van der Waals surface area (Å²) < 4.78 is 4.71. The fourth-order valence-electron chi connectivity index (χ4n) is 1.59. The van der Waals surface area contributed by atoms with E-state index in [1.165, 1.54) is 0 Å². The third kappa shape index (κ3) is 3.23. The van der Waals surface area contributed by atoms with Crippen molar-refractivity contribution < 1.29 is 19.7 Å². The van der Waals surface area contributed by atoms with E-state index in [0.29, 0.717) is 0 Å². The first-order valence-electron chi connectivity index (χ1n) is 5.95. The van der Waals surface area contributed by atoms with Gasteiger partial charge in [-0.05, 0) is 24.0 Å². The summed E-state index contributed by atoms with van der Waals surface area (Å²) in [5.41, 5.74) is 0.992. The maximum absolute atomic E-state index is 11.4. The zero-order chi connectivity index (χ0) is 13.9. The smallest absolute Gasteiger partial charge is 0.339 e. The lowest BCUT2D eigenvalue weighted by Crippen LogP contribution is -2.16. The fraction of sp³-hybridized carbons (Fsp3) is 0.500. The maximum Gasteiger partial charge on any atom is 0.339 e. The number of rotatable bonds is 3. The Balaban J connectivity index is 3.02. The van der Waals surface area contributed by atoms with Crippen LogP contribution in [0.5, 0.6) is 5.75 Å². The van der Waals surface area contributed by atoms with Crippen molar-refractivity contribution in [3.8, 4) is 5.75 Å². The number of hydrogen-bond acceptors (Lipinski definition) is 4. The first-order valence-corrected chi connectivity index (χ1v) is 5.95. The Hall–Kier alpha value is -1.55. The summed E-state index contributed by atoms with van der Waals surface area (Å²) in [5.74, 6) is -0.848. The van der Waals surface area contributed by atoms with Crippen LogP contribution in [0.1, 0.15) is 44.9 Å². The number of phenolic OH excluding ortho intramolecular Hbond substituents is 1. The molecule has 0 radical (unpaired) electrons. The van der Waals surface area contributed by atoms with Gasteiger partial charge in [0.25, 0.3) is 0 Å². The van der Waals surface area contributed by atoms with E-state index in [2.05, 4.69) is 0 Å². The molecule has 4 nitrogen and oxygen atoms in total. The highest BCUT2D eigenvalue weighted by atomic mass is 16.5. The minimum Gasteiger partial charge on any atom is -0.508 e. The number of aliphatic hydroxyl groups excluding tert-OH is 1. The summed E-state index contributed by atoms with van der Waals surface area (Å²) in [6.45, 7) is 7.90. The predicted molar refractivity (Wildman–Crippen MR) is 68.4 cm³/mol. The molecule has 4 heteroatoms. The van der Waals surface area contributed by atoms with Crippen LogP contribution in [0, 0.1) is 0 Å². The standard InChI is InChI=1S/C14H20O4/c1-5-18-13(17)12(16)10-7-6-9(8-11(10)15)14(2,3)4/h6-8,12,15-16H,5H2,1-4H3. The second kappa shape index (κ2) is 5.40. The summed E-state index contributed by atoms with van der Waals surface area (Å²) in [4.78, 5) is 11.4. The molecular weight excluding hydrogens is 232 g/mol. The summed E-state index contributed by atoms with van der Waals surface area (Å²) in [6, 6.07) is 4.91. The Morgan fingerprint density at radius 2 is 2.00 bits per heavy atom. The average Bonchev–Trinajstić information content (AvgIpc) is 2.27. The van der Waals surface area contributed by atoms with Crippen molar-refractivity contribution in [1.29, 1.82) is 0 Å². The van der Waals surface area contributed by atoms with Crippen molar-refractivity contribution in [2.24, 2.45) is 0 Å². The number of phenols is 1. The lowest BCUT2D eigenvalue weighted by Gasteiger charge is -2.20. The number of carbonyl (C=O) groups excluding carboxylic acids is 1. The molecule has 18 heavy (non-hydrogen) atoms. The summed E-state index contributed by atoms with van der Waals surface area (Å²) >= 11 is 0. The molecule has 0 heterocycles. The van der Waals surface area contributed by atoms with Crippen molar-refractivity contribution in [2.45, 2.75) is 39.2 Å². The molecular formula is C14H20O4. The van der Waals surface area contributed by atoms with Gasteiger partial charge in [-0.2, -0.15) is 0 Å². The minimum absolute atomic E-state index is 0.0945. The summed E-state index contributed by atoms with van der Waals surface area (Å²) in [5, 5.41) is 19.6. The molecule has 2 N–H and O–H groups in total. The molecule has 0 bridgehead atoms. The quantitative estimate of drug-likeness (QED) is 0.810. The van der Waals surface area contributed by atoms with Gasteiger partial charge in [0, 0.05) is 5.56 Å². The van der Waals surface area contributed by atoms with Gasteiger partial charge in [-0.1, -0.05) is 32.9 Å². The molecule has 0 aliphatic carbocycles. The number of esters is 1. The van der Waals surface area contributed by atoms with Gasteiger partial charge >= 0.3 is 5.97 Å². The van der Waals surface area contributed by atoms with E-state index in [1.54, 1.807) is 25.1 Å². The summed E-state index contributed by atoms with van der Waals surface area (Å²) in [7, 11) is 0. The topological polar surface area (TPSA) is 66.8 Å².